The van der Waals surface area contributed by atoms with Gasteiger partial charge in [-0.05, 0) is 37.6 Å². The van der Waals surface area contributed by atoms with Crippen LogP contribution in [0.5, 0.6) is 5.75 Å². The fraction of sp³-hybridized carbons (Fsp3) is 0.529. The molecule has 0 amide bonds. The van der Waals surface area contributed by atoms with Crippen molar-refractivity contribution in [3.8, 4) is 18.1 Å². The van der Waals surface area contributed by atoms with E-state index in [4.69, 9.17) is 11.2 Å². The van der Waals surface area contributed by atoms with Gasteiger partial charge in [-0.15, -0.1) is 12.3 Å². The van der Waals surface area contributed by atoms with E-state index in [0.29, 0.717) is 26.0 Å². The molecule has 1 fully saturated rings. The highest BCUT2D eigenvalue weighted by Gasteiger charge is 2.26. The third-order valence-corrected chi connectivity index (χ3v) is 6.22. The minimum absolute atomic E-state index is 0.232. The zero-order valence-corrected chi connectivity index (χ0v) is 13.8. The topological polar surface area (TPSA) is 46.6 Å². The van der Waals surface area contributed by atoms with Gasteiger partial charge in [0.15, 0.2) is 9.84 Å². The summed E-state index contributed by atoms with van der Waals surface area (Å²) in [5, 5.41) is -0.232. The predicted octanol–water partition coefficient (Wildman–Crippen LogP) is 2.10. The van der Waals surface area contributed by atoms with E-state index >= 15 is 0 Å². The molecule has 22 heavy (non-hydrogen) atoms. The maximum atomic E-state index is 11.9. The van der Waals surface area contributed by atoms with Gasteiger partial charge in [0, 0.05) is 19.5 Å². The van der Waals surface area contributed by atoms with Crippen LogP contribution in [0.15, 0.2) is 24.3 Å². The summed E-state index contributed by atoms with van der Waals surface area (Å²) in [7, 11) is -2.92. The van der Waals surface area contributed by atoms with Crippen LogP contribution in [-0.2, 0) is 16.4 Å². The Hall–Kier alpha value is -1.51. The largest absolute Gasteiger partial charge is 0.493 e. The Morgan fingerprint density at radius 1 is 1.32 bits per heavy atom. The minimum atomic E-state index is -2.92. The van der Waals surface area contributed by atoms with Crippen molar-refractivity contribution in [3.05, 3.63) is 29.8 Å². The fourth-order valence-electron chi connectivity index (χ4n) is 2.45. The molecular formula is C17H23NO3S. The quantitative estimate of drug-likeness (QED) is 0.615. The van der Waals surface area contributed by atoms with Crippen molar-refractivity contribution in [2.75, 3.05) is 25.4 Å². The SMILES string of the molecule is C#CCCOc1ccc(CN2CCC(C)S(=O)(=O)CC2)cc1. The van der Waals surface area contributed by atoms with Gasteiger partial charge in [-0.3, -0.25) is 4.90 Å². The molecule has 1 aliphatic heterocycles. The molecule has 120 valence electrons. The van der Waals surface area contributed by atoms with Gasteiger partial charge >= 0.3 is 0 Å². The lowest BCUT2D eigenvalue weighted by Gasteiger charge is -2.19. The third kappa shape index (κ3) is 4.75. The number of ether oxygens (including phenoxy) is 1. The van der Waals surface area contributed by atoms with E-state index in [1.54, 1.807) is 6.92 Å². The van der Waals surface area contributed by atoms with Gasteiger partial charge in [0.05, 0.1) is 17.6 Å². The molecule has 4 nitrogen and oxygen atoms in total. The molecule has 1 aliphatic rings. The molecule has 0 bridgehead atoms. The van der Waals surface area contributed by atoms with Crippen molar-refractivity contribution >= 4 is 9.84 Å². The summed E-state index contributed by atoms with van der Waals surface area (Å²) in [6.45, 7) is 4.53. The Morgan fingerprint density at radius 2 is 2.05 bits per heavy atom. The van der Waals surface area contributed by atoms with E-state index in [1.165, 1.54) is 0 Å². The van der Waals surface area contributed by atoms with Gasteiger partial charge in [-0.25, -0.2) is 8.42 Å². The lowest BCUT2D eigenvalue weighted by atomic mass is 10.2. The number of hydrogen-bond donors (Lipinski definition) is 0. The second kappa shape index (κ2) is 7.66. The van der Waals surface area contributed by atoms with E-state index in [0.717, 1.165) is 24.4 Å². The summed E-state index contributed by atoms with van der Waals surface area (Å²) < 4.78 is 29.3. The van der Waals surface area contributed by atoms with Gasteiger partial charge in [0.2, 0.25) is 0 Å². The molecule has 0 radical (unpaired) electrons. The van der Waals surface area contributed by atoms with E-state index in [-0.39, 0.29) is 11.0 Å². The van der Waals surface area contributed by atoms with Crippen molar-refractivity contribution in [3.63, 3.8) is 0 Å². The molecule has 2 rings (SSSR count). The first-order chi connectivity index (χ1) is 10.5. The van der Waals surface area contributed by atoms with Gasteiger partial charge < -0.3 is 4.74 Å². The number of nitrogens with zero attached hydrogens (tertiary/aromatic N) is 1. The van der Waals surface area contributed by atoms with Crippen LogP contribution in [0.4, 0.5) is 0 Å². The molecule has 0 aromatic heterocycles. The minimum Gasteiger partial charge on any atom is -0.493 e. The first-order valence-corrected chi connectivity index (χ1v) is 9.32. The second-order valence-corrected chi connectivity index (χ2v) is 8.23. The monoisotopic (exact) mass is 321 g/mol. The van der Waals surface area contributed by atoms with Crippen LogP contribution in [-0.4, -0.2) is 44.0 Å². The maximum absolute atomic E-state index is 11.9. The Bertz CT molecular complexity index is 616. The highest BCUT2D eigenvalue weighted by atomic mass is 32.2. The van der Waals surface area contributed by atoms with Crippen LogP contribution >= 0.6 is 0 Å². The van der Waals surface area contributed by atoms with Gasteiger partial charge in [-0.1, -0.05) is 12.1 Å². The lowest BCUT2D eigenvalue weighted by Crippen LogP contribution is -2.26. The predicted molar refractivity (Wildman–Crippen MR) is 88.5 cm³/mol. The van der Waals surface area contributed by atoms with Crippen LogP contribution in [0.3, 0.4) is 0 Å². The van der Waals surface area contributed by atoms with Crippen LogP contribution in [0.25, 0.3) is 0 Å². The maximum Gasteiger partial charge on any atom is 0.154 e. The average Bonchev–Trinajstić information content (AvgIpc) is 2.62. The highest BCUT2D eigenvalue weighted by molar-refractivity contribution is 7.92. The zero-order valence-electron chi connectivity index (χ0n) is 13.0. The first kappa shape index (κ1) is 16.9. The van der Waals surface area contributed by atoms with E-state index in [9.17, 15) is 8.42 Å². The standard InChI is InChI=1S/C17H23NO3S/c1-3-4-12-21-17-7-5-16(6-8-17)14-18-10-9-15(2)22(19,20)13-11-18/h1,5-8,15H,4,9-14H2,2H3. The molecule has 1 heterocycles. The molecule has 1 aromatic carbocycles. The van der Waals surface area contributed by atoms with Crippen molar-refractivity contribution in [2.24, 2.45) is 0 Å². The molecular weight excluding hydrogens is 298 g/mol. The number of benzene rings is 1. The van der Waals surface area contributed by atoms with Crippen LogP contribution in [0, 0.1) is 12.3 Å². The molecule has 0 saturated carbocycles. The summed E-state index contributed by atoms with van der Waals surface area (Å²) in [6.07, 6.45) is 6.49. The van der Waals surface area contributed by atoms with Gasteiger partial charge in [0.25, 0.3) is 0 Å². The molecule has 1 atom stereocenters. The third-order valence-electron chi connectivity index (χ3n) is 4.00. The second-order valence-electron chi connectivity index (χ2n) is 5.69. The van der Waals surface area contributed by atoms with Crippen LogP contribution in [0.2, 0.25) is 0 Å². The van der Waals surface area contributed by atoms with E-state index < -0.39 is 9.84 Å². The van der Waals surface area contributed by atoms with E-state index in [1.807, 2.05) is 24.3 Å². The molecule has 1 saturated heterocycles. The number of sulfone groups is 1. The number of hydrogen-bond acceptors (Lipinski definition) is 4. The molecule has 0 N–H and O–H groups in total. The Balaban J connectivity index is 1.90. The summed E-state index contributed by atoms with van der Waals surface area (Å²) in [5.41, 5.74) is 1.16. The normalized spacial score (nSPS) is 21.7. The van der Waals surface area contributed by atoms with Crippen molar-refractivity contribution < 1.29 is 13.2 Å². The first-order valence-electron chi connectivity index (χ1n) is 7.60. The summed E-state index contributed by atoms with van der Waals surface area (Å²) in [6, 6.07) is 7.91. The zero-order chi connectivity index (χ0) is 16.0. The van der Waals surface area contributed by atoms with Crippen molar-refractivity contribution in [2.45, 2.75) is 31.6 Å². The van der Waals surface area contributed by atoms with Crippen LogP contribution < -0.4 is 4.74 Å². The highest BCUT2D eigenvalue weighted by Crippen LogP contribution is 2.17. The Morgan fingerprint density at radius 3 is 2.73 bits per heavy atom. The van der Waals surface area contributed by atoms with E-state index in [2.05, 4.69) is 10.8 Å². The van der Waals surface area contributed by atoms with Crippen molar-refractivity contribution in [1.82, 2.24) is 4.90 Å². The molecule has 1 unspecified atom stereocenters. The molecule has 5 heteroatoms. The number of rotatable bonds is 5. The van der Waals surface area contributed by atoms with Gasteiger partial charge in [-0.2, -0.15) is 0 Å². The average molecular weight is 321 g/mol. The molecule has 0 spiro atoms. The summed E-state index contributed by atoms with van der Waals surface area (Å²) >= 11 is 0. The summed E-state index contributed by atoms with van der Waals surface area (Å²) in [4.78, 5) is 2.20. The molecule has 1 aromatic rings. The lowest BCUT2D eigenvalue weighted by molar-refractivity contribution is 0.283. The fourth-order valence-corrected chi connectivity index (χ4v) is 3.83. The smallest absolute Gasteiger partial charge is 0.154 e. The molecule has 0 aliphatic carbocycles. The Labute approximate surface area is 133 Å². The number of terminal acetylenes is 1. The van der Waals surface area contributed by atoms with Crippen molar-refractivity contribution in [1.29, 1.82) is 0 Å². The van der Waals surface area contributed by atoms with Gasteiger partial charge in [0.1, 0.15) is 5.75 Å². The Kier molecular flexibility index (Phi) is 5.87. The summed E-state index contributed by atoms with van der Waals surface area (Å²) in [5.74, 6) is 3.60. The van der Waals surface area contributed by atoms with Crippen LogP contribution in [0.1, 0.15) is 25.3 Å².